The molecule has 2 aromatic heterocycles. The van der Waals surface area contributed by atoms with Crippen LogP contribution >= 0.6 is 27.3 Å². The zero-order valence-electron chi connectivity index (χ0n) is 8.81. The lowest BCUT2D eigenvalue weighted by Crippen LogP contribution is -2.35. The lowest BCUT2D eigenvalue weighted by atomic mass is 10.1. The Balaban J connectivity index is 1.84. The molecule has 88 valence electrons. The number of H-pyrrole nitrogens is 1. The Kier molecular flexibility index (Phi) is 2.71. The molecule has 0 aliphatic carbocycles. The SMILES string of the molecule is O=C(c1scnc1Br)N1CCc2nc[nH]c2C1. The number of aromatic amines is 1. The largest absolute Gasteiger partial charge is 0.347 e. The number of hydrogen-bond acceptors (Lipinski definition) is 4. The predicted octanol–water partition coefficient (Wildman–Crippen LogP) is 1.83. The van der Waals surface area contributed by atoms with Crippen molar-refractivity contribution >= 4 is 33.2 Å². The summed E-state index contributed by atoms with van der Waals surface area (Å²) in [6.07, 6.45) is 2.49. The number of fused-ring (bicyclic) bond motifs is 1. The zero-order chi connectivity index (χ0) is 11.8. The van der Waals surface area contributed by atoms with Gasteiger partial charge in [-0.15, -0.1) is 11.3 Å². The van der Waals surface area contributed by atoms with E-state index in [0.717, 1.165) is 17.8 Å². The van der Waals surface area contributed by atoms with E-state index < -0.39 is 0 Å². The molecule has 0 spiro atoms. The van der Waals surface area contributed by atoms with E-state index in [1.807, 2.05) is 4.90 Å². The minimum atomic E-state index is 0.0274. The Bertz CT molecular complexity index is 564. The van der Waals surface area contributed by atoms with Crippen molar-refractivity contribution in [3.8, 4) is 0 Å². The van der Waals surface area contributed by atoms with E-state index in [4.69, 9.17) is 0 Å². The summed E-state index contributed by atoms with van der Waals surface area (Å²) in [6.45, 7) is 1.31. The summed E-state index contributed by atoms with van der Waals surface area (Å²) in [5.74, 6) is 0.0274. The van der Waals surface area contributed by atoms with Crippen molar-refractivity contribution in [3.63, 3.8) is 0 Å². The van der Waals surface area contributed by atoms with Crippen LogP contribution in [0.2, 0.25) is 0 Å². The van der Waals surface area contributed by atoms with E-state index in [1.165, 1.54) is 11.3 Å². The topological polar surface area (TPSA) is 61.9 Å². The zero-order valence-corrected chi connectivity index (χ0v) is 11.2. The number of nitrogens with zero attached hydrogens (tertiary/aromatic N) is 3. The molecule has 0 unspecified atom stereocenters. The first-order valence-corrected chi connectivity index (χ1v) is 6.82. The highest BCUT2D eigenvalue weighted by Crippen LogP contribution is 2.24. The molecule has 1 N–H and O–H groups in total. The Morgan fingerprint density at radius 2 is 2.41 bits per heavy atom. The van der Waals surface area contributed by atoms with Gasteiger partial charge >= 0.3 is 0 Å². The summed E-state index contributed by atoms with van der Waals surface area (Å²) < 4.78 is 0.628. The highest BCUT2D eigenvalue weighted by Gasteiger charge is 2.25. The predicted molar refractivity (Wildman–Crippen MR) is 66.8 cm³/mol. The maximum atomic E-state index is 12.2. The fourth-order valence-corrected chi connectivity index (χ4v) is 3.23. The number of aromatic nitrogens is 3. The molecule has 0 fully saturated rings. The van der Waals surface area contributed by atoms with Gasteiger partial charge in [-0.05, 0) is 15.9 Å². The third kappa shape index (κ3) is 1.89. The van der Waals surface area contributed by atoms with Crippen LogP contribution in [-0.4, -0.2) is 32.3 Å². The average molecular weight is 313 g/mol. The molecule has 5 nitrogen and oxygen atoms in total. The average Bonchev–Trinajstić information content (AvgIpc) is 2.95. The second-order valence-electron chi connectivity index (χ2n) is 3.78. The van der Waals surface area contributed by atoms with E-state index in [1.54, 1.807) is 11.8 Å². The molecule has 2 aromatic rings. The molecule has 3 rings (SSSR count). The normalized spacial score (nSPS) is 14.8. The molecule has 0 bridgehead atoms. The van der Waals surface area contributed by atoms with Crippen LogP contribution in [-0.2, 0) is 13.0 Å². The first kappa shape index (κ1) is 10.9. The maximum absolute atomic E-state index is 12.2. The van der Waals surface area contributed by atoms with Crippen LogP contribution in [0.3, 0.4) is 0 Å². The van der Waals surface area contributed by atoms with Crippen molar-refractivity contribution in [3.05, 3.63) is 32.7 Å². The molecule has 1 amide bonds. The number of rotatable bonds is 1. The first-order valence-electron chi connectivity index (χ1n) is 5.15. The van der Waals surface area contributed by atoms with Crippen molar-refractivity contribution < 1.29 is 4.79 Å². The van der Waals surface area contributed by atoms with Gasteiger partial charge in [-0.3, -0.25) is 4.79 Å². The number of carbonyl (C=O) groups excluding carboxylic acids is 1. The van der Waals surface area contributed by atoms with E-state index in [2.05, 4.69) is 30.9 Å². The molecule has 17 heavy (non-hydrogen) atoms. The van der Waals surface area contributed by atoms with Gasteiger partial charge in [0.25, 0.3) is 5.91 Å². The molecule has 7 heteroatoms. The highest BCUT2D eigenvalue weighted by molar-refractivity contribution is 9.10. The van der Waals surface area contributed by atoms with E-state index in [0.29, 0.717) is 22.6 Å². The van der Waals surface area contributed by atoms with Gasteiger partial charge in [-0.25, -0.2) is 9.97 Å². The minimum absolute atomic E-state index is 0.0274. The Morgan fingerprint density at radius 3 is 3.18 bits per heavy atom. The molecule has 1 aliphatic rings. The van der Waals surface area contributed by atoms with Crippen molar-refractivity contribution in [2.24, 2.45) is 0 Å². The molecule has 1 aliphatic heterocycles. The number of halogens is 1. The van der Waals surface area contributed by atoms with Crippen LogP contribution in [0.1, 0.15) is 21.1 Å². The molecule has 0 saturated carbocycles. The molecule has 0 saturated heterocycles. The summed E-state index contributed by atoms with van der Waals surface area (Å²) in [6, 6.07) is 0. The Morgan fingerprint density at radius 1 is 1.53 bits per heavy atom. The monoisotopic (exact) mass is 312 g/mol. The summed E-state index contributed by atoms with van der Waals surface area (Å²) in [4.78, 5) is 26.0. The van der Waals surface area contributed by atoms with Crippen LogP contribution in [0.5, 0.6) is 0 Å². The molecule has 0 aromatic carbocycles. The van der Waals surface area contributed by atoms with Gasteiger partial charge in [0, 0.05) is 13.0 Å². The van der Waals surface area contributed by atoms with Gasteiger partial charge in [-0.2, -0.15) is 0 Å². The molecular weight excluding hydrogens is 304 g/mol. The van der Waals surface area contributed by atoms with Gasteiger partial charge in [0.1, 0.15) is 9.48 Å². The van der Waals surface area contributed by atoms with E-state index in [9.17, 15) is 4.79 Å². The standard InChI is InChI=1S/C10H9BrN4OS/c11-9-8(17-5-14-9)10(16)15-2-1-6-7(3-15)13-4-12-6/h4-5H,1-3H2,(H,12,13). The first-order chi connectivity index (χ1) is 8.25. The van der Waals surface area contributed by atoms with Crippen molar-refractivity contribution in [1.82, 2.24) is 19.9 Å². The second kappa shape index (κ2) is 4.23. The van der Waals surface area contributed by atoms with Crippen molar-refractivity contribution in [2.45, 2.75) is 13.0 Å². The number of amides is 1. The molecular formula is C10H9BrN4OS. The summed E-state index contributed by atoms with van der Waals surface area (Å²) in [5, 5.41) is 0. The maximum Gasteiger partial charge on any atom is 0.267 e. The molecule has 3 heterocycles. The van der Waals surface area contributed by atoms with E-state index in [-0.39, 0.29) is 5.91 Å². The summed E-state index contributed by atoms with van der Waals surface area (Å²) >= 11 is 4.65. The van der Waals surface area contributed by atoms with Crippen molar-refractivity contribution in [1.29, 1.82) is 0 Å². The van der Waals surface area contributed by atoms with Crippen LogP contribution in [0.4, 0.5) is 0 Å². The minimum Gasteiger partial charge on any atom is -0.347 e. The van der Waals surface area contributed by atoms with Crippen LogP contribution < -0.4 is 0 Å². The van der Waals surface area contributed by atoms with Gasteiger partial charge in [0.05, 0.1) is 29.8 Å². The molecule has 0 atom stereocenters. The fraction of sp³-hybridized carbons (Fsp3) is 0.300. The second-order valence-corrected chi connectivity index (χ2v) is 5.38. The number of nitrogens with one attached hydrogen (secondary N) is 1. The van der Waals surface area contributed by atoms with Crippen LogP contribution in [0, 0.1) is 0 Å². The Labute approximate surface area is 110 Å². The van der Waals surface area contributed by atoms with Gasteiger partial charge in [0.2, 0.25) is 0 Å². The Hall–Kier alpha value is -1.21. The quantitative estimate of drug-likeness (QED) is 0.874. The van der Waals surface area contributed by atoms with Gasteiger partial charge in [-0.1, -0.05) is 0 Å². The van der Waals surface area contributed by atoms with Gasteiger partial charge in [0.15, 0.2) is 0 Å². The smallest absolute Gasteiger partial charge is 0.267 e. The van der Waals surface area contributed by atoms with E-state index >= 15 is 0 Å². The third-order valence-electron chi connectivity index (χ3n) is 2.78. The highest BCUT2D eigenvalue weighted by atomic mass is 79.9. The number of carbonyl (C=O) groups is 1. The fourth-order valence-electron chi connectivity index (χ4n) is 1.90. The van der Waals surface area contributed by atoms with Gasteiger partial charge < -0.3 is 9.88 Å². The number of imidazole rings is 1. The summed E-state index contributed by atoms with van der Waals surface area (Å²) in [5.41, 5.74) is 3.77. The van der Waals surface area contributed by atoms with Crippen LogP contribution in [0.25, 0.3) is 0 Å². The van der Waals surface area contributed by atoms with Crippen molar-refractivity contribution in [2.75, 3.05) is 6.54 Å². The van der Waals surface area contributed by atoms with Crippen LogP contribution in [0.15, 0.2) is 16.4 Å². The summed E-state index contributed by atoms with van der Waals surface area (Å²) in [7, 11) is 0. The number of thiazole rings is 1. The lowest BCUT2D eigenvalue weighted by Gasteiger charge is -2.25. The lowest BCUT2D eigenvalue weighted by molar-refractivity contribution is 0.0735. The number of hydrogen-bond donors (Lipinski definition) is 1. The molecule has 0 radical (unpaired) electrons. The third-order valence-corrected chi connectivity index (χ3v) is 4.46.